The molecule has 3 rings (SSSR count). The van der Waals surface area contributed by atoms with Crippen molar-refractivity contribution in [1.29, 1.82) is 0 Å². The number of aromatic nitrogens is 1. The molecule has 1 amide bonds. The molecule has 1 aliphatic rings. The summed E-state index contributed by atoms with van der Waals surface area (Å²) in [5.41, 5.74) is 1.26. The summed E-state index contributed by atoms with van der Waals surface area (Å²) in [7, 11) is 0. The van der Waals surface area contributed by atoms with Crippen molar-refractivity contribution in [2.24, 2.45) is 0 Å². The minimum Gasteiger partial charge on any atom is -0.306 e. The van der Waals surface area contributed by atoms with Crippen molar-refractivity contribution >= 4 is 34.8 Å². The van der Waals surface area contributed by atoms with Gasteiger partial charge >= 0.3 is 0 Å². The van der Waals surface area contributed by atoms with Gasteiger partial charge < -0.3 is 10.6 Å². The van der Waals surface area contributed by atoms with Crippen LogP contribution >= 0.6 is 23.7 Å². The van der Waals surface area contributed by atoms with Crippen LogP contribution < -0.4 is 10.6 Å². The molecule has 1 aromatic carbocycles. The summed E-state index contributed by atoms with van der Waals surface area (Å²) in [6.07, 6.45) is 4.68. The zero-order valence-electron chi connectivity index (χ0n) is 11.5. The number of thiazole rings is 1. The third kappa shape index (κ3) is 4.27. The maximum atomic E-state index is 12.0. The maximum absolute atomic E-state index is 12.0. The van der Waals surface area contributed by atoms with E-state index < -0.39 is 0 Å². The van der Waals surface area contributed by atoms with Gasteiger partial charge in [-0.05, 0) is 24.9 Å². The summed E-state index contributed by atoms with van der Waals surface area (Å²) in [5, 5.41) is 6.77. The number of nitrogens with one attached hydrogen (secondary N) is 2. The van der Waals surface area contributed by atoms with Gasteiger partial charge in [-0.25, -0.2) is 4.98 Å². The fraction of sp³-hybridized carbons (Fsp3) is 0.333. The Morgan fingerprint density at radius 2 is 2.19 bits per heavy atom. The van der Waals surface area contributed by atoms with Crippen LogP contribution in [0.1, 0.15) is 23.3 Å². The van der Waals surface area contributed by atoms with Crippen LogP contribution in [0.4, 0.5) is 5.13 Å². The van der Waals surface area contributed by atoms with Crippen molar-refractivity contribution in [1.82, 2.24) is 10.3 Å². The van der Waals surface area contributed by atoms with E-state index in [4.69, 9.17) is 0 Å². The molecule has 1 aromatic heterocycles. The zero-order valence-corrected chi connectivity index (χ0v) is 13.2. The first kappa shape index (κ1) is 15.9. The molecule has 1 aliphatic heterocycles. The van der Waals surface area contributed by atoms with Crippen molar-refractivity contribution in [2.75, 3.05) is 11.9 Å². The molecule has 0 saturated carbocycles. The van der Waals surface area contributed by atoms with Crippen molar-refractivity contribution in [3.63, 3.8) is 0 Å². The van der Waals surface area contributed by atoms with E-state index >= 15 is 0 Å². The predicted octanol–water partition coefficient (Wildman–Crippen LogP) is 2.85. The standard InChI is InChI=1S/C15H17N3OS.ClH/c19-14(13-7-4-8-16-13)18-15-17-10-12(20-15)9-11-5-2-1-3-6-11;/h1-3,5-6,10,13,16H,4,7-9H2,(H,17,18,19);1H. The van der Waals surface area contributed by atoms with Gasteiger partial charge in [-0.15, -0.1) is 23.7 Å². The first-order valence-electron chi connectivity index (χ1n) is 6.84. The van der Waals surface area contributed by atoms with Crippen LogP contribution in [0.15, 0.2) is 36.5 Å². The number of amides is 1. The molecule has 6 heteroatoms. The molecule has 1 fully saturated rings. The molecule has 2 aromatic rings. The molecule has 1 saturated heterocycles. The molecule has 4 nitrogen and oxygen atoms in total. The smallest absolute Gasteiger partial charge is 0.243 e. The molecule has 0 aliphatic carbocycles. The number of carbonyl (C=O) groups is 1. The van der Waals surface area contributed by atoms with E-state index in [1.807, 2.05) is 24.4 Å². The maximum Gasteiger partial charge on any atom is 0.243 e. The minimum absolute atomic E-state index is 0. The molecule has 0 spiro atoms. The third-order valence-corrected chi connectivity index (χ3v) is 4.29. The number of carbonyl (C=O) groups excluding carboxylic acids is 1. The van der Waals surface area contributed by atoms with Gasteiger partial charge in [-0.3, -0.25) is 4.79 Å². The number of nitrogens with zero attached hydrogens (tertiary/aromatic N) is 1. The second-order valence-corrected chi connectivity index (χ2v) is 6.05. The monoisotopic (exact) mass is 323 g/mol. The highest BCUT2D eigenvalue weighted by Crippen LogP contribution is 2.21. The molecule has 0 radical (unpaired) electrons. The van der Waals surface area contributed by atoms with Crippen molar-refractivity contribution < 1.29 is 4.79 Å². The lowest BCUT2D eigenvalue weighted by Crippen LogP contribution is -2.35. The molecule has 0 bridgehead atoms. The Hall–Kier alpha value is -1.43. The highest BCUT2D eigenvalue weighted by molar-refractivity contribution is 7.15. The third-order valence-electron chi connectivity index (χ3n) is 3.38. The van der Waals surface area contributed by atoms with Gasteiger partial charge in [0.2, 0.25) is 5.91 Å². The number of anilines is 1. The van der Waals surface area contributed by atoms with Crippen LogP contribution in [-0.2, 0) is 11.2 Å². The van der Waals surface area contributed by atoms with Gasteiger partial charge in [0, 0.05) is 17.5 Å². The molecular weight excluding hydrogens is 306 g/mol. The molecule has 2 heterocycles. The second-order valence-electron chi connectivity index (χ2n) is 4.93. The van der Waals surface area contributed by atoms with Gasteiger partial charge in [0.1, 0.15) is 0 Å². The van der Waals surface area contributed by atoms with Gasteiger partial charge in [0.15, 0.2) is 5.13 Å². The minimum atomic E-state index is -0.0588. The average Bonchev–Trinajstić information content (AvgIpc) is 3.11. The van der Waals surface area contributed by atoms with Crippen LogP contribution in [0.5, 0.6) is 0 Å². The Morgan fingerprint density at radius 3 is 2.90 bits per heavy atom. The molecule has 2 N–H and O–H groups in total. The molecule has 21 heavy (non-hydrogen) atoms. The molecule has 112 valence electrons. The molecular formula is C15H18ClN3OS. The summed E-state index contributed by atoms with van der Waals surface area (Å²) in [6.45, 7) is 0.926. The molecule has 1 unspecified atom stereocenters. The van der Waals surface area contributed by atoms with E-state index in [0.29, 0.717) is 5.13 Å². The Bertz CT molecular complexity index is 582. The average molecular weight is 324 g/mol. The van der Waals surface area contributed by atoms with Gasteiger partial charge in [0.25, 0.3) is 0 Å². The first-order chi connectivity index (χ1) is 9.81. The van der Waals surface area contributed by atoms with Crippen molar-refractivity contribution in [3.8, 4) is 0 Å². The van der Waals surface area contributed by atoms with Crippen LogP contribution in [0, 0.1) is 0 Å². The first-order valence-corrected chi connectivity index (χ1v) is 7.66. The second kappa shape index (κ2) is 7.54. The molecule has 1 atom stereocenters. The van der Waals surface area contributed by atoms with Gasteiger partial charge in [-0.1, -0.05) is 30.3 Å². The highest BCUT2D eigenvalue weighted by atomic mass is 35.5. The SMILES string of the molecule is Cl.O=C(Nc1ncc(Cc2ccccc2)s1)C1CCCN1. The number of halogens is 1. The van der Waals surface area contributed by atoms with E-state index in [1.54, 1.807) is 11.3 Å². The van der Waals surface area contributed by atoms with Crippen LogP contribution in [0.2, 0.25) is 0 Å². The highest BCUT2D eigenvalue weighted by Gasteiger charge is 2.22. The van der Waals surface area contributed by atoms with Gasteiger partial charge in [-0.2, -0.15) is 0 Å². The Labute approximate surface area is 134 Å². The number of rotatable bonds is 4. The quantitative estimate of drug-likeness (QED) is 0.909. The lowest BCUT2D eigenvalue weighted by molar-refractivity contribution is -0.117. The number of hydrogen-bond donors (Lipinski definition) is 2. The zero-order chi connectivity index (χ0) is 13.8. The van der Waals surface area contributed by atoms with E-state index in [2.05, 4.69) is 27.8 Å². The fourth-order valence-electron chi connectivity index (χ4n) is 2.34. The Morgan fingerprint density at radius 1 is 1.38 bits per heavy atom. The fourth-order valence-corrected chi connectivity index (χ4v) is 3.19. The number of hydrogen-bond acceptors (Lipinski definition) is 4. The summed E-state index contributed by atoms with van der Waals surface area (Å²) in [4.78, 5) is 17.4. The van der Waals surface area contributed by atoms with Crippen molar-refractivity contribution in [3.05, 3.63) is 47.0 Å². The van der Waals surface area contributed by atoms with Crippen molar-refractivity contribution in [2.45, 2.75) is 25.3 Å². The summed E-state index contributed by atoms with van der Waals surface area (Å²) in [6, 6.07) is 10.2. The lowest BCUT2D eigenvalue weighted by atomic mass is 10.1. The lowest BCUT2D eigenvalue weighted by Gasteiger charge is -2.08. The number of benzene rings is 1. The Balaban J connectivity index is 0.00000161. The van der Waals surface area contributed by atoms with Crippen LogP contribution in [0.25, 0.3) is 0 Å². The summed E-state index contributed by atoms with van der Waals surface area (Å²) in [5.74, 6) is 0.0307. The predicted molar refractivity (Wildman–Crippen MR) is 88.3 cm³/mol. The largest absolute Gasteiger partial charge is 0.306 e. The topological polar surface area (TPSA) is 54.0 Å². The van der Waals surface area contributed by atoms with Gasteiger partial charge in [0.05, 0.1) is 6.04 Å². The normalized spacial score (nSPS) is 17.2. The van der Waals surface area contributed by atoms with Crippen LogP contribution in [0.3, 0.4) is 0 Å². The van der Waals surface area contributed by atoms with E-state index in [-0.39, 0.29) is 24.4 Å². The summed E-state index contributed by atoms with van der Waals surface area (Å²) >= 11 is 1.54. The summed E-state index contributed by atoms with van der Waals surface area (Å²) < 4.78 is 0. The Kier molecular flexibility index (Phi) is 5.73. The van der Waals surface area contributed by atoms with E-state index in [1.165, 1.54) is 5.56 Å². The van der Waals surface area contributed by atoms with E-state index in [0.717, 1.165) is 30.7 Å². The van der Waals surface area contributed by atoms with E-state index in [9.17, 15) is 4.79 Å². The van der Waals surface area contributed by atoms with Crippen LogP contribution in [-0.4, -0.2) is 23.5 Å².